The van der Waals surface area contributed by atoms with Crippen molar-refractivity contribution < 1.29 is 48.4 Å². The number of hydrogen-bond acceptors (Lipinski definition) is 9. The number of amides is 3. The molecule has 0 spiro atoms. The van der Waals surface area contributed by atoms with Crippen LogP contribution in [-0.2, 0) is 32.1 Å². The lowest BCUT2D eigenvalue weighted by atomic mass is 9.78. The number of carbonyl (C=O) groups is 4. The Bertz CT molecular complexity index is 1620. The number of carbonyl (C=O) groups excluding carboxylic acids is 3. The molecular weight excluding hydrogens is 584 g/mol. The molecule has 6 N–H and O–H groups in total. The van der Waals surface area contributed by atoms with Crippen molar-refractivity contribution in [3.63, 3.8) is 0 Å². The van der Waals surface area contributed by atoms with Gasteiger partial charge in [-0.15, -0.1) is 0 Å². The Balaban J connectivity index is 1.40. The Morgan fingerprint density at radius 3 is 1.87 bits per heavy atom. The van der Waals surface area contributed by atoms with Crippen molar-refractivity contribution in [1.82, 2.24) is 16.0 Å². The third-order valence-corrected chi connectivity index (χ3v) is 7.78. The van der Waals surface area contributed by atoms with E-state index in [1.54, 1.807) is 42.5 Å². The van der Waals surface area contributed by atoms with Crippen molar-refractivity contribution in [2.24, 2.45) is 0 Å². The Labute approximate surface area is 259 Å². The van der Waals surface area contributed by atoms with Gasteiger partial charge >= 0.3 is 20.2 Å². The number of methoxy groups -OCH3 is 1. The van der Waals surface area contributed by atoms with Crippen LogP contribution in [-0.4, -0.2) is 72.3 Å². The Morgan fingerprint density at radius 1 is 0.822 bits per heavy atom. The molecule has 3 amide bonds. The van der Waals surface area contributed by atoms with E-state index < -0.39 is 62.5 Å². The number of hydrogen-bond donors (Lipinski definition) is 6. The van der Waals surface area contributed by atoms with Gasteiger partial charge in [-0.3, -0.25) is 19.2 Å². The summed E-state index contributed by atoms with van der Waals surface area (Å²) in [4.78, 5) is 52.2. The van der Waals surface area contributed by atoms with Gasteiger partial charge in [0.1, 0.15) is 11.8 Å². The maximum atomic E-state index is 13.8. The van der Waals surface area contributed by atoms with Gasteiger partial charge in [0.15, 0.2) is 0 Å². The normalized spacial score (nSPS) is 15.4. The van der Waals surface area contributed by atoms with Crippen molar-refractivity contribution in [2.75, 3.05) is 7.11 Å². The summed E-state index contributed by atoms with van der Waals surface area (Å²) in [5.74, 6) is -2.63. The van der Waals surface area contributed by atoms with Crippen LogP contribution in [0.4, 0.5) is 0 Å². The molecule has 0 radical (unpaired) electrons. The maximum Gasteiger partial charge on any atom is 0.491 e. The van der Waals surface area contributed by atoms with E-state index in [4.69, 9.17) is 14.0 Å². The Morgan fingerprint density at radius 2 is 1.36 bits per heavy atom. The van der Waals surface area contributed by atoms with Crippen molar-refractivity contribution >= 4 is 48.9 Å². The molecule has 0 aliphatic carbocycles. The molecule has 3 aromatic rings. The van der Waals surface area contributed by atoms with Crippen LogP contribution in [0.25, 0.3) is 0 Å². The van der Waals surface area contributed by atoms with Gasteiger partial charge in [-0.2, -0.15) is 0 Å². The highest BCUT2D eigenvalue weighted by Gasteiger charge is 2.34. The molecule has 3 aromatic carbocycles. The number of carboxylic acids is 1. The number of ether oxygens (including phenoxy) is 1. The fourth-order valence-electron chi connectivity index (χ4n) is 5.25. The molecule has 5 rings (SSSR count). The number of aliphatic carboxylic acids is 1. The molecule has 3 atom stereocenters. The number of nitrogens with one attached hydrogen (secondary N) is 3. The monoisotopic (exact) mass is 615 g/mol. The Kier molecular flexibility index (Phi) is 9.54. The molecule has 45 heavy (non-hydrogen) atoms. The summed E-state index contributed by atoms with van der Waals surface area (Å²) in [6.07, 6.45) is -0.457. The number of benzene rings is 3. The second-order valence-electron chi connectivity index (χ2n) is 10.8. The van der Waals surface area contributed by atoms with Crippen molar-refractivity contribution in [3.8, 4) is 5.75 Å². The second kappa shape index (κ2) is 13.5. The molecular formula is C30H31B2N3O10. The smallest absolute Gasteiger partial charge is 0.491 e. The van der Waals surface area contributed by atoms with Crippen molar-refractivity contribution in [3.05, 3.63) is 88.5 Å². The molecule has 0 unspecified atom stereocenters. The van der Waals surface area contributed by atoms with Crippen LogP contribution >= 0.6 is 0 Å². The van der Waals surface area contributed by atoms with E-state index in [1.165, 1.54) is 32.2 Å². The summed E-state index contributed by atoms with van der Waals surface area (Å²) >= 11 is 0. The summed E-state index contributed by atoms with van der Waals surface area (Å²) in [7, 11) is -0.868. The summed E-state index contributed by atoms with van der Waals surface area (Å²) in [6, 6.07) is 12.5. The summed E-state index contributed by atoms with van der Waals surface area (Å²) in [5, 5.41) is 37.8. The molecule has 13 nitrogen and oxygen atoms in total. The van der Waals surface area contributed by atoms with Crippen LogP contribution < -0.4 is 31.6 Å². The van der Waals surface area contributed by atoms with E-state index in [0.29, 0.717) is 22.2 Å². The van der Waals surface area contributed by atoms with E-state index in [0.717, 1.165) is 11.1 Å². The number of fused-ring (bicyclic) bond motifs is 2. The lowest BCUT2D eigenvalue weighted by Crippen LogP contribution is -2.58. The average molecular weight is 615 g/mol. The molecule has 0 saturated heterocycles. The van der Waals surface area contributed by atoms with Gasteiger partial charge < -0.3 is 45.2 Å². The molecule has 2 heterocycles. The van der Waals surface area contributed by atoms with Gasteiger partial charge in [0.25, 0.3) is 11.8 Å². The number of carboxylic acid groups (broad SMARTS) is 1. The largest absolute Gasteiger partial charge is 0.497 e. The molecule has 0 fully saturated rings. The first-order chi connectivity index (χ1) is 21.5. The van der Waals surface area contributed by atoms with Crippen LogP contribution in [0.15, 0.2) is 60.7 Å². The molecule has 0 bridgehead atoms. The van der Waals surface area contributed by atoms with Gasteiger partial charge in [0.05, 0.1) is 38.8 Å². The zero-order valence-corrected chi connectivity index (χ0v) is 24.5. The predicted molar refractivity (Wildman–Crippen MR) is 162 cm³/mol. The zero-order valence-electron chi connectivity index (χ0n) is 24.5. The van der Waals surface area contributed by atoms with Crippen molar-refractivity contribution in [1.29, 1.82) is 0 Å². The number of rotatable bonds is 11. The summed E-state index contributed by atoms with van der Waals surface area (Å²) in [6.45, 7) is 1.92. The summed E-state index contributed by atoms with van der Waals surface area (Å²) in [5.41, 5.74) is 3.16. The Hall–Kier alpha value is -4.69. The first-order valence-corrected chi connectivity index (χ1v) is 14.2. The lowest BCUT2D eigenvalue weighted by molar-refractivity contribution is -0.137. The van der Waals surface area contributed by atoms with E-state index in [9.17, 15) is 34.3 Å². The van der Waals surface area contributed by atoms with Crippen LogP contribution in [0, 0.1) is 0 Å². The second-order valence-corrected chi connectivity index (χ2v) is 10.8. The predicted octanol–water partition coefficient (Wildman–Crippen LogP) is -0.620. The molecule has 0 saturated carbocycles. The van der Waals surface area contributed by atoms with Gasteiger partial charge in [-0.1, -0.05) is 24.3 Å². The fourth-order valence-corrected chi connectivity index (χ4v) is 5.25. The van der Waals surface area contributed by atoms with Gasteiger partial charge in [0.2, 0.25) is 5.91 Å². The minimum absolute atomic E-state index is 0.138. The van der Waals surface area contributed by atoms with Crippen LogP contribution in [0.5, 0.6) is 5.75 Å². The summed E-state index contributed by atoms with van der Waals surface area (Å²) < 4.78 is 15.6. The van der Waals surface area contributed by atoms with Gasteiger partial charge in [0, 0.05) is 11.1 Å². The molecule has 2 aliphatic heterocycles. The third-order valence-electron chi connectivity index (χ3n) is 7.78. The topological polar surface area (TPSA) is 193 Å². The van der Waals surface area contributed by atoms with E-state index >= 15 is 0 Å². The van der Waals surface area contributed by atoms with Gasteiger partial charge in [-0.05, 0) is 70.9 Å². The highest BCUT2D eigenvalue weighted by atomic mass is 16.5. The highest BCUT2D eigenvalue weighted by Crippen LogP contribution is 2.21. The molecule has 0 aromatic heterocycles. The third kappa shape index (κ3) is 7.18. The standard InChI is InChI=1S/C30H31B2N3O10/c1-16(33-28(38)18-3-5-20-14-44-31(41)23(20)11-18)27(35-29(39)19-4-6-21-15-45-32(42)24(21)12-19)30(40)34-25(13-26(36)37)17-7-9-22(43-2)10-8-17/h3-12,16,25,27,41-42H,13-15H2,1-2H3,(H,33,38)(H,34,40)(H,35,39)(H,36,37)/t16-,25-,27-/m0/s1. The average Bonchev–Trinajstić information content (AvgIpc) is 3.60. The SMILES string of the molecule is COc1ccc([C@H](CC(=O)O)NC(=O)[C@@H](NC(=O)c2ccc3c(c2)B(O)OC3)[C@H](C)NC(=O)c2ccc3c(c2)B(O)OC3)cc1. The fraction of sp³-hybridized carbons (Fsp3) is 0.267. The van der Waals surface area contributed by atoms with Crippen LogP contribution in [0.1, 0.15) is 56.8 Å². The minimum Gasteiger partial charge on any atom is -0.497 e. The zero-order chi connectivity index (χ0) is 32.2. The maximum absolute atomic E-state index is 13.8. The highest BCUT2D eigenvalue weighted by molar-refractivity contribution is 6.62. The van der Waals surface area contributed by atoms with E-state index in [2.05, 4.69) is 16.0 Å². The van der Waals surface area contributed by atoms with Crippen LogP contribution in [0.2, 0.25) is 0 Å². The lowest BCUT2D eigenvalue weighted by Gasteiger charge is -2.28. The first kappa shape index (κ1) is 31.7. The van der Waals surface area contributed by atoms with E-state index in [-0.39, 0.29) is 24.3 Å². The van der Waals surface area contributed by atoms with Crippen LogP contribution in [0.3, 0.4) is 0 Å². The first-order valence-electron chi connectivity index (χ1n) is 14.2. The van der Waals surface area contributed by atoms with E-state index in [1.807, 2.05) is 0 Å². The molecule has 232 valence electrons. The van der Waals surface area contributed by atoms with Crippen molar-refractivity contribution in [2.45, 2.75) is 44.7 Å². The molecule has 15 heteroatoms. The van der Waals surface area contributed by atoms with Gasteiger partial charge in [-0.25, -0.2) is 0 Å². The molecule has 2 aliphatic rings. The quantitative estimate of drug-likeness (QED) is 0.152. The minimum atomic E-state index is -1.37.